The molecule has 0 bridgehead atoms. The van der Waals surface area contributed by atoms with Crippen LogP contribution in [0.3, 0.4) is 0 Å². The highest BCUT2D eigenvalue weighted by molar-refractivity contribution is 8.02. The average Bonchev–Trinajstić information content (AvgIpc) is 2.95. The quantitative estimate of drug-likeness (QED) is 0.724. The number of thioether (sulfide) groups is 1. The van der Waals surface area contributed by atoms with Gasteiger partial charge in [-0.05, 0) is 19.1 Å². The van der Waals surface area contributed by atoms with Crippen LogP contribution < -0.4 is 16.0 Å². The van der Waals surface area contributed by atoms with Gasteiger partial charge in [-0.3, -0.25) is 10.1 Å². The van der Waals surface area contributed by atoms with Crippen LogP contribution in [0.15, 0.2) is 34.7 Å². The molecule has 0 saturated carbocycles. The molecule has 0 spiro atoms. The van der Waals surface area contributed by atoms with Gasteiger partial charge in [-0.25, -0.2) is 4.79 Å². The molecule has 0 fully saturated rings. The molecule has 3 amide bonds. The minimum Gasteiger partial charge on any atom is -0.341 e. The number of carbonyl (C=O) groups excluding carboxylic acids is 2. The predicted molar refractivity (Wildman–Crippen MR) is 87.6 cm³/mol. The largest absolute Gasteiger partial charge is 0.341 e. The molecule has 1 atom stereocenters. The monoisotopic (exact) mass is 337 g/mol. The van der Waals surface area contributed by atoms with Gasteiger partial charge in [0.2, 0.25) is 11.0 Å². The van der Waals surface area contributed by atoms with Gasteiger partial charge in [0.15, 0.2) is 4.34 Å². The molecule has 1 heterocycles. The van der Waals surface area contributed by atoms with E-state index < -0.39 is 11.3 Å². The zero-order chi connectivity index (χ0) is 15.9. The zero-order valence-electron chi connectivity index (χ0n) is 12.0. The van der Waals surface area contributed by atoms with Crippen LogP contribution in [0.2, 0.25) is 0 Å². The molecule has 0 radical (unpaired) electrons. The number of imide groups is 1. The minimum absolute atomic E-state index is 0.378. The summed E-state index contributed by atoms with van der Waals surface area (Å²) in [7, 11) is 1.45. The van der Waals surface area contributed by atoms with Gasteiger partial charge >= 0.3 is 6.03 Å². The number of hydrogen-bond acceptors (Lipinski definition) is 7. The molecule has 2 aromatic rings. The average molecular weight is 337 g/mol. The Morgan fingerprint density at radius 3 is 2.64 bits per heavy atom. The van der Waals surface area contributed by atoms with Crippen molar-refractivity contribution in [1.29, 1.82) is 0 Å². The van der Waals surface area contributed by atoms with Crippen molar-refractivity contribution in [3.8, 4) is 0 Å². The van der Waals surface area contributed by atoms with Gasteiger partial charge in [0.1, 0.15) is 0 Å². The van der Waals surface area contributed by atoms with Gasteiger partial charge in [0.05, 0.1) is 5.25 Å². The van der Waals surface area contributed by atoms with Crippen LogP contribution in [0.1, 0.15) is 6.92 Å². The van der Waals surface area contributed by atoms with Crippen LogP contribution in [0.4, 0.5) is 15.6 Å². The van der Waals surface area contributed by atoms with Gasteiger partial charge in [-0.2, -0.15) is 0 Å². The van der Waals surface area contributed by atoms with Crippen molar-refractivity contribution < 1.29 is 9.59 Å². The van der Waals surface area contributed by atoms with Crippen molar-refractivity contribution in [2.75, 3.05) is 12.4 Å². The van der Waals surface area contributed by atoms with Crippen molar-refractivity contribution in [2.45, 2.75) is 16.5 Å². The van der Waals surface area contributed by atoms with E-state index in [1.807, 2.05) is 30.3 Å². The van der Waals surface area contributed by atoms with E-state index in [0.29, 0.717) is 9.47 Å². The molecular weight excluding hydrogens is 322 g/mol. The second-order valence-electron chi connectivity index (χ2n) is 4.19. The van der Waals surface area contributed by atoms with E-state index in [0.717, 1.165) is 5.69 Å². The van der Waals surface area contributed by atoms with Crippen LogP contribution in [-0.4, -0.2) is 34.4 Å². The Balaban J connectivity index is 1.91. The molecule has 0 aliphatic rings. The number of carbonyl (C=O) groups is 2. The number of nitrogens with zero attached hydrogens (tertiary/aromatic N) is 2. The summed E-state index contributed by atoms with van der Waals surface area (Å²) >= 11 is 2.60. The summed E-state index contributed by atoms with van der Waals surface area (Å²) in [5.74, 6) is -0.378. The van der Waals surface area contributed by atoms with Crippen LogP contribution >= 0.6 is 23.1 Å². The summed E-state index contributed by atoms with van der Waals surface area (Å²) in [6.45, 7) is 1.70. The van der Waals surface area contributed by atoms with Gasteiger partial charge < -0.3 is 10.6 Å². The number of para-hydroxylation sites is 1. The summed E-state index contributed by atoms with van der Waals surface area (Å²) in [6.07, 6.45) is 0. The lowest BCUT2D eigenvalue weighted by Crippen LogP contribution is -2.41. The first-order valence-electron chi connectivity index (χ1n) is 6.43. The van der Waals surface area contributed by atoms with Crippen LogP contribution in [0.25, 0.3) is 0 Å². The summed E-state index contributed by atoms with van der Waals surface area (Å²) < 4.78 is 0.651. The number of anilines is 2. The van der Waals surface area contributed by atoms with Crippen LogP contribution in [0.5, 0.6) is 0 Å². The van der Waals surface area contributed by atoms with E-state index in [-0.39, 0.29) is 5.91 Å². The maximum absolute atomic E-state index is 11.8. The Kier molecular flexibility index (Phi) is 5.73. The minimum atomic E-state index is -0.527. The Morgan fingerprint density at radius 1 is 1.23 bits per heavy atom. The van der Waals surface area contributed by atoms with Crippen LogP contribution in [0, 0.1) is 0 Å². The first-order valence-corrected chi connectivity index (χ1v) is 8.13. The summed E-state index contributed by atoms with van der Waals surface area (Å²) in [5.41, 5.74) is 0.917. The Labute approximate surface area is 135 Å². The summed E-state index contributed by atoms with van der Waals surface area (Å²) in [5, 5.41) is 15.9. The van der Waals surface area contributed by atoms with Gasteiger partial charge in [0.25, 0.3) is 0 Å². The number of aromatic nitrogens is 2. The lowest BCUT2D eigenvalue weighted by molar-refractivity contribution is -0.119. The molecule has 0 aliphatic carbocycles. The number of amides is 3. The molecule has 0 unspecified atom stereocenters. The smallest absolute Gasteiger partial charge is 0.321 e. The Hall–Kier alpha value is -2.13. The highest BCUT2D eigenvalue weighted by Gasteiger charge is 2.18. The van der Waals surface area contributed by atoms with E-state index in [2.05, 4.69) is 26.1 Å². The van der Waals surface area contributed by atoms with E-state index >= 15 is 0 Å². The molecule has 2 rings (SSSR count). The predicted octanol–water partition coefficient (Wildman–Crippen LogP) is 2.22. The van der Waals surface area contributed by atoms with E-state index in [4.69, 9.17) is 0 Å². The summed E-state index contributed by atoms with van der Waals surface area (Å²) in [4.78, 5) is 22.9. The SMILES string of the molecule is CNC(=O)NC(=O)[C@@H](C)Sc1nnc(Nc2ccccc2)s1. The van der Waals surface area contributed by atoms with Gasteiger partial charge in [-0.15, -0.1) is 10.2 Å². The number of benzene rings is 1. The van der Waals surface area contributed by atoms with Crippen molar-refractivity contribution in [3.63, 3.8) is 0 Å². The molecule has 22 heavy (non-hydrogen) atoms. The van der Waals surface area contributed by atoms with E-state index in [1.165, 1.54) is 30.1 Å². The maximum Gasteiger partial charge on any atom is 0.321 e. The fourth-order valence-electron chi connectivity index (χ4n) is 1.43. The third-order valence-electron chi connectivity index (χ3n) is 2.54. The lowest BCUT2D eigenvalue weighted by Gasteiger charge is -2.08. The third kappa shape index (κ3) is 4.71. The number of urea groups is 1. The highest BCUT2D eigenvalue weighted by Crippen LogP contribution is 2.30. The molecular formula is C13H15N5O2S2. The lowest BCUT2D eigenvalue weighted by atomic mass is 10.3. The van der Waals surface area contributed by atoms with Crippen molar-refractivity contribution in [3.05, 3.63) is 30.3 Å². The maximum atomic E-state index is 11.8. The normalized spacial score (nSPS) is 11.5. The molecule has 1 aromatic heterocycles. The molecule has 3 N–H and O–H groups in total. The van der Waals surface area contributed by atoms with Crippen molar-refractivity contribution in [1.82, 2.24) is 20.8 Å². The Morgan fingerprint density at radius 2 is 1.95 bits per heavy atom. The fraction of sp³-hybridized carbons (Fsp3) is 0.231. The Bertz CT molecular complexity index is 647. The third-order valence-corrected chi connectivity index (χ3v) is 4.57. The first-order chi connectivity index (χ1) is 10.6. The topological polar surface area (TPSA) is 96.0 Å². The molecule has 7 nitrogen and oxygen atoms in total. The molecule has 0 aliphatic heterocycles. The molecule has 9 heteroatoms. The van der Waals surface area contributed by atoms with Crippen LogP contribution in [-0.2, 0) is 4.79 Å². The summed E-state index contributed by atoms with van der Waals surface area (Å²) in [6, 6.07) is 9.09. The molecule has 0 saturated heterocycles. The second kappa shape index (κ2) is 7.76. The van der Waals surface area contributed by atoms with Crippen molar-refractivity contribution in [2.24, 2.45) is 0 Å². The number of hydrogen-bond donors (Lipinski definition) is 3. The van der Waals surface area contributed by atoms with E-state index in [1.54, 1.807) is 6.92 Å². The fourth-order valence-corrected chi connectivity index (χ4v) is 3.35. The zero-order valence-corrected chi connectivity index (χ0v) is 13.6. The van der Waals surface area contributed by atoms with Crippen molar-refractivity contribution >= 4 is 45.9 Å². The highest BCUT2D eigenvalue weighted by atomic mass is 32.2. The number of nitrogens with one attached hydrogen (secondary N) is 3. The number of rotatable bonds is 5. The van der Waals surface area contributed by atoms with Gasteiger partial charge in [0, 0.05) is 12.7 Å². The van der Waals surface area contributed by atoms with Gasteiger partial charge in [-0.1, -0.05) is 41.3 Å². The molecule has 116 valence electrons. The standard InChI is InChI=1S/C13H15N5O2S2/c1-8(10(19)16-11(20)14-2)21-13-18-17-12(22-13)15-9-6-4-3-5-7-9/h3-8H,1-2H3,(H,15,17)(H2,14,16,19,20)/t8-/m1/s1. The second-order valence-corrected chi connectivity index (χ2v) is 6.76. The molecule has 1 aromatic carbocycles. The van der Waals surface area contributed by atoms with E-state index in [9.17, 15) is 9.59 Å². The first kappa shape index (κ1) is 16.2.